The Labute approximate surface area is 148 Å². The highest BCUT2D eigenvalue weighted by atomic mass is 127. The zero-order chi connectivity index (χ0) is 15.4. The molecule has 0 saturated carbocycles. The van der Waals surface area contributed by atoms with E-state index in [2.05, 4.69) is 48.2 Å². The Morgan fingerprint density at radius 3 is 2.24 bits per heavy atom. The Kier molecular flexibility index (Phi) is 15.0. The zero-order valence-corrected chi connectivity index (χ0v) is 17.0. The quantitative estimate of drug-likeness (QED) is 0.249. The van der Waals surface area contributed by atoms with Gasteiger partial charge in [0.1, 0.15) is 0 Å². The molecule has 6 heteroatoms. The first-order valence-corrected chi connectivity index (χ1v) is 7.71. The summed E-state index contributed by atoms with van der Waals surface area (Å²) in [6.45, 7) is 13.7. The van der Waals surface area contributed by atoms with Gasteiger partial charge in [-0.15, -0.1) is 24.0 Å². The van der Waals surface area contributed by atoms with Crippen molar-refractivity contribution in [2.75, 3.05) is 46.9 Å². The number of hydrogen-bond acceptors (Lipinski definition) is 3. The van der Waals surface area contributed by atoms with Gasteiger partial charge in [-0.25, -0.2) is 0 Å². The molecule has 0 saturated heterocycles. The summed E-state index contributed by atoms with van der Waals surface area (Å²) < 4.78 is 5.38. The van der Waals surface area contributed by atoms with Crippen LogP contribution in [0.1, 0.15) is 40.5 Å². The van der Waals surface area contributed by atoms with E-state index < -0.39 is 0 Å². The molecule has 21 heavy (non-hydrogen) atoms. The summed E-state index contributed by atoms with van der Waals surface area (Å²) in [6, 6.07) is 0. The highest BCUT2D eigenvalue weighted by Crippen LogP contribution is 2.04. The zero-order valence-electron chi connectivity index (χ0n) is 14.7. The van der Waals surface area contributed by atoms with Gasteiger partial charge in [-0.05, 0) is 46.3 Å². The van der Waals surface area contributed by atoms with Crippen LogP contribution in [0.25, 0.3) is 0 Å². The standard InChI is InChI=1S/C15H34N4O.HI/c1-7-19(8-2)12-10-9-11-17-14(16-5)18-13-15(3,4)20-6;/h7-13H2,1-6H3,(H2,16,17,18);1H. The molecule has 0 fully saturated rings. The second-order valence-electron chi connectivity index (χ2n) is 5.55. The Morgan fingerprint density at radius 2 is 1.76 bits per heavy atom. The summed E-state index contributed by atoms with van der Waals surface area (Å²) in [6.07, 6.45) is 2.38. The minimum absolute atomic E-state index is 0. The highest BCUT2D eigenvalue weighted by molar-refractivity contribution is 14.0. The largest absolute Gasteiger partial charge is 0.377 e. The number of guanidine groups is 1. The first-order valence-electron chi connectivity index (χ1n) is 7.71. The number of rotatable bonds is 10. The lowest BCUT2D eigenvalue weighted by Gasteiger charge is -2.24. The molecule has 2 N–H and O–H groups in total. The number of halogens is 1. The third-order valence-electron chi connectivity index (χ3n) is 3.55. The Morgan fingerprint density at radius 1 is 1.14 bits per heavy atom. The summed E-state index contributed by atoms with van der Waals surface area (Å²) in [5, 5.41) is 6.63. The molecule has 128 valence electrons. The second kappa shape index (κ2) is 13.6. The van der Waals surface area contributed by atoms with E-state index >= 15 is 0 Å². The van der Waals surface area contributed by atoms with Gasteiger partial charge in [0, 0.05) is 27.2 Å². The van der Waals surface area contributed by atoms with Gasteiger partial charge in [0.2, 0.25) is 0 Å². The number of ether oxygens (including phenoxy) is 1. The average molecular weight is 414 g/mol. The third-order valence-corrected chi connectivity index (χ3v) is 3.55. The Hall–Kier alpha value is -0.0800. The lowest BCUT2D eigenvalue weighted by atomic mass is 10.1. The Balaban J connectivity index is 0. The van der Waals surface area contributed by atoms with Crippen molar-refractivity contribution in [1.29, 1.82) is 0 Å². The lowest BCUT2D eigenvalue weighted by Crippen LogP contribution is -2.45. The van der Waals surface area contributed by atoms with Crippen LogP contribution in [-0.4, -0.2) is 63.3 Å². The molecule has 0 amide bonds. The fraction of sp³-hybridized carbons (Fsp3) is 0.933. The van der Waals surface area contributed by atoms with Crippen LogP contribution >= 0.6 is 24.0 Å². The SMILES string of the molecule is CCN(CC)CCCCNC(=NC)NCC(C)(C)OC.I. The van der Waals surface area contributed by atoms with Crippen LogP contribution in [-0.2, 0) is 4.74 Å². The van der Waals surface area contributed by atoms with Crippen LogP contribution in [0, 0.1) is 0 Å². The van der Waals surface area contributed by atoms with E-state index in [0.29, 0.717) is 0 Å². The van der Waals surface area contributed by atoms with Gasteiger partial charge in [-0.3, -0.25) is 4.99 Å². The van der Waals surface area contributed by atoms with E-state index in [1.54, 1.807) is 14.2 Å². The van der Waals surface area contributed by atoms with Crippen molar-refractivity contribution >= 4 is 29.9 Å². The van der Waals surface area contributed by atoms with Crippen molar-refractivity contribution in [3.05, 3.63) is 0 Å². The van der Waals surface area contributed by atoms with Gasteiger partial charge in [-0.2, -0.15) is 0 Å². The first kappa shape index (κ1) is 23.2. The van der Waals surface area contributed by atoms with Crippen molar-refractivity contribution in [3.63, 3.8) is 0 Å². The van der Waals surface area contributed by atoms with E-state index in [1.807, 2.05) is 0 Å². The summed E-state index contributed by atoms with van der Waals surface area (Å²) in [7, 11) is 3.52. The van der Waals surface area contributed by atoms with Crippen molar-refractivity contribution in [2.45, 2.75) is 46.1 Å². The van der Waals surface area contributed by atoms with Gasteiger partial charge in [0.05, 0.1) is 5.60 Å². The van der Waals surface area contributed by atoms with E-state index in [4.69, 9.17) is 4.74 Å². The molecule has 0 spiro atoms. The maximum Gasteiger partial charge on any atom is 0.191 e. The lowest BCUT2D eigenvalue weighted by molar-refractivity contribution is 0.0268. The van der Waals surface area contributed by atoms with Gasteiger partial charge in [-0.1, -0.05) is 13.8 Å². The highest BCUT2D eigenvalue weighted by Gasteiger charge is 2.16. The van der Waals surface area contributed by atoms with Crippen molar-refractivity contribution in [3.8, 4) is 0 Å². The fourth-order valence-electron chi connectivity index (χ4n) is 1.80. The summed E-state index contributed by atoms with van der Waals surface area (Å²) in [5.74, 6) is 0.845. The van der Waals surface area contributed by atoms with E-state index in [1.165, 1.54) is 13.0 Å². The molecule has 0 aliphatic rings. The monoisotopic (exact) mass is 414 g/mol. The second-order valence-corrected chi connectivity index (χ2v) is 5.55. The molecule has 0 aromatic rings. The maximum atomic E-state index is 5.38. The topological polar surface area (TPSA) is 48.9 Å². The molecule has 0 aromatic heterocycles. The molecular formula is C15H35IN4O. The van der Waals surface area contributed by atoms with Crippen molar-refractivity contribution in [1.82, 2.24) is 15.5 Å². The molecule has 5 nitrogen and oxygen atoms in total. The van der Waals surface area contributed by atoms with E-state index in [9.17, 15) is 0 Å². The number of nitrogens with zero attached hydrogens (tertiary/aromatic N) is 2. The molecule has 0 radical (unpaired) electrons. The van der Waals surface area contributed by atoms with E-state index in [0.717, 1.165) is 38.6 Å². The minimum atomic E-state index is -0.180. The van der Waals surface area contributed by atoms with Gasteiger partial charge < -0.3 is 20.3 Å². The van der Waals surface area contributed by atoms with Crippen LogP contribution in [0.3, 0.4) is 0 Å². The molecule has 0 unspecified atom stereocenters. The van der Waals surface area contributed by atoms with Crippen molar-refractivity contribution in [2.24, 2.45) is 4.99 Å². The molecule has 0 atom stereocenters. The molecule has 0 aliphatic heterocycles. The van der Waals surface area contributed by atoms with Crippen LogP contribution in [0.4, 0.5) is 0 Å². The van der Waals surface area contributed by atoms with E-state index in [-0.39, 0.29) is 29.6 Å². The smallest absolute Gasteiger partial charge is 0.191 e. The predicted octanol–water partition coefficient (Wildman–Crippen LogP) is 2.32. The molecule has 0 bridgehead atoms. The van der Waals surface area contributed by atoms with Crippen LogP contribution < -0.4 is 10.6 Å². The molecule has 0 aliphatic carbocycles. The summed E-state index contributed by atoms with van der Waals surface area (Å²) >= 11 is 0. The summed E-state index contributed by atoms with van der Waals surface area (Å²) in [5.41, 5.74) is -0.180. The number of aliphatic imine (C=N–C) groups is 1. The Bertz CT molecular complexity index is 268. The summed E-state index contributed by atoms with van der Waals surface area (Å²) in [4.78, 5) is 6.67. The van der Waals surface area contributed by atoms with Crippen molar-refractivity contribution < 1.29 is 4.74 Å². The predicted molar refractivity (Wildman–Crippen MR) is 103 cm³/mol. The van der Waals surface area contributed by atoms with Crippen LogP contribution in [0.2, 0.25) is 0 Å². The average Bonchev–Trinajstić information content (AvgIpc) is 2.46. The van der Waals surface area contributed by atoms with Gasteiger partial charge in [0.25, 0.3) is 0 Å². The maximum absolute atomic E-state index is 5.38. The van der Waals surface area contributed by atoms with Crippen LogP contribution in [0.15, 0.2) is 4.99 Å². The van der Waals surface area contributed by atoms with Crippen LogP contribution in [0.5, 0.6) is 0 Å². The number of nitrogens with one attached hydrogen (secondary N) is 2. The van der Waals surface area contributed by atoms with Gasteiger partial charge in [0.15, 0.2) is 5.96 Å². The third kappa shape index (κ3) is 12.2. The number of methoxy groups -OCH3 is 1. The molecule has 0 rings (SSSR count). The fourth-order valence-corrected chi connectivity index (χ4v) is 1.80. The molecular weight excluding hydrogens is 379 g/mol. The number of unbranched alkanes of at least 4 members (excludes halogenated alkanes) is 1. The molecule has 0 aromatic carbocycles. The number of hydrogen-bond donors (Lipinski definition) is 2. The first-order chi connectivity index (χ1) is 9.49. The molecule has 0 heterocycles. The van der Waals surface area contributed by atoms with Gasteiger partial charge >= 0.3 is 0 Å². The minimum Gasteiger partial charge on any atom is -0.377 e. The normalized spacial score (nSPS) is 12.2.